The highest BCUT2D eigenvalue weighted by atomic mass is 127. The van der Waals surface area contributed by atoms with Gasteiger partial charge in [-0.2, -0.15) is 39.5 Å². The highest BCUT2D eigenvalue weighted by Crippen LogP contribution is 2.39. The van der Waals surface area contributed by atoms with E-state index in [0.717, 1.165) is 61.0 Å². The molecule has 1 aliphatic rings. The maximum Gasteiger partial charge on any atom is 0.416 e. The molecule has 5 nitrogen and oxygen atoms in total. The molecule has 0 radical (unpaired) electrons. The number of carbonyl (C=O) groups is 2. The molecule has 1 atom stereocenters. The van der Waals surface area contributed by atoms with Crippen molar-refractivity contribution < 1.29 is 49.1 Å². The Hall–Kier alpha value is -4.59. The van der Waals surface area contributed by atoms with Crippen LogP contribution in [0.25, 0.3) is 0 Å². The first-order valence-electron chi connectivity index (χ1n) is 15.3. The number of nitrogens with two attached hydrogens (primary N) is 1. The third kappa shape index (κ3) is 11.7. The molecule has 0 aliphatic carbocycles. The monoisotopic (exact) mass is 981 g/mol. The van der Waals surface area contributed by atoms with E-state index in [1.165, 1.54) is 41.3 Å². The van der Waals surface area contributed by atoms with E-state index in [1.807, 2.05) is 30.3 Å². The van der Waals surface area contributed by atoms with Crippen molar-refractivity contribution in [2.24, 2.45) is 0 Å². The van der Waals surface area contributed by atoms with Gasteiger partial charge in [0, 0.05) is 29.8 Å². The van der Waals surface area contributed by atoms with Gasteiger partial charge in [0.1, 0.15) is 12.0 Å². The van der Waals surface area contributed by atoms with Gasteiger partial charge in [-0.05, 0) is 154 Å². The number of rotatable bonds is 5. The molecule has 5 aromatic rings. The molecule has 1 amide bonds. The van der Waals surface area contributed by atoms with Crippen LogP contribution in [0.2, 0.25) is 0 Å². The fourth-order valence-electron chi connectivity index (χ4n) is 4.83. The lowest BCUT2D eigenvalue weighted by Crippen LogP contribution is -2.30. The van der Waals surface area contributed by atoms with Crippen LogP contribution in [0.1, 0.15) is 38.7 Å². The van der Waals surface area contributed by atoms with Crippen LogP contribution in [0.15, 0.2) is 133 Å². The molecule has 0 saturated heterocycles. The average molecular weight is 981 g/mol. The summed E-state index contributed by atoms with van der Waals surface area (Å²) in [4.78, 5) is 24.8. The van der Waals surface area contributed by atoms with E-state index in [0.29, 0.717) is 5.69 Å². The Kier molecular flexibility index (Phi) is 13.8. The average Bonchev–Trinajstić information content (AvgIpc) is 3.43. The van der Waals surface area contributed by atoms with Crippen LogP contribution in [-0.2, 0) is 23.3 Å². The van der Waals surface area contributed by atoms with E-state index < -0.39 is 47.2 Å². The van der Waals surface area contributed by atoms with Crippen LogP contribution in [-0.4, -0.2) is 12.2 Å². The van der Waals surface area contributed by atoms with Crippen molar-refractivity contribution in [1.29, 1.82) is 0 Å². The molecule has 5 aromatic carbocycles. The zero-order valence-electron chi connectivity index (χ0n) is 27.3. The van der Waals surface area contributed by atoms with Crippen molar-refractivity contribution in [1.82, 2.24) is 0 Å². The number of anilines is 3. The number of aldehydes is 1. The highest BCUT2D eigenvalue weighted by Gasteiger charge is 2.37. The Bertz CT molecular complexity index is 2080. The zero-order valence-corrected chi connectivity index (χ0v) is 31.6. The lowest BCUT2D eigenvalue weighted by Gasteiger charge is -2.26. The van der Waals surface area contributed by atoms with Gasteiger partial charge in [0.2, 0.25) is 0 Å². The molecule has 6 rings (SSSR count). The van der Waals surface area contributed by atoms with Gasteiger partial charge in [0.15, 0.2) is 0 Å². The number of nitrogens with zero attached hydrogens (tertiary/aromatic N) is 1. The standard InChI is InChI=1S/C24H15F6IN2O.C7H6F3N.C7H5IO/c25-23(26,27)15-4-8-18(9-5-15)32-20-13-21(14-2-1-3-17(31)12-14)33(22(20)34)19-10-6-16(7-11-19)24(28,29)30;8-7(9,10)5-1-3-6(11)4-2-5;8-7-3-1-2-6(4-7)5-9/h1-13,21,32H;1-4H,11H2;1-5H. The van der Waals surface area contributed by atoms with E-state index >= 15 is 0 Å². The lowest BCUT2D eigenvalue weighted by molar-refractivity contribution is -0.138. The Morgan fingerprint density at radius 3 is 1.54 bits per heavy atom. The first kappa shape index (κ1) is 42.2. The lowest BCUT2D eigenvalue weighted by atomic mass is 10.1. The van der Waals surface area contributed by atoms with Crippen LogP contribution in [0, 0.1) is 7.14 Å². The molecule has 0 bridgehead atoms. The predicted octanol–water partition coefficient (Wildman–Crippen LogP) is 11.8. The molecule has 16 heteroatoms. The van der Waals surface area contributed by atoms with Crippen molar-refractivity contribution >= 4 is 74.4 Å². The highest BCUT2D eigenvalue weighted by molar-refractivity contribution is 14.1. The van der Waals surface area contributed by atoms with Crippen molar-refractivity contribution in [3.05, 3.63) is 168 Å². The molecule has 0 aromatic heterocycles. The number of halogens is 11. The van der Waals surface area contributed by atoms with E-state index in [2.05, 4.69) is 50.5 Å². The number of nitrogens with one attached hydrogen (secondary N) is 1. The summed E-state index contributed by atoms with van der Waals surface area (Å²) in [6.07, 6.45) is -10.8. The molecule has 1 heterocycles. The molecule has 1 aliphatic heterocycles. The molecular formula is C38H26F9I2N3O2. The van der Waals surface area contributed by atoms with E-state index in [9.17, 15) is 49.1 Å². The van der Waals surface area contributed by atoms with Crippen LogP contribution in [0.3, 0.4) is 0 Å². The number of amides is 1. The van der Waals surface area contributed by atoms with Gasteiger partial charge in [-0.1, -0.05) is 24.3 Å². The number of carbonyl (C=O) groups excluding carboxylic acids is 2. The largest absolute Gasteiger partial charge is 0.416 e. The summed E-state index contributed by atoms with van der Waals surface area (Å²) in [5.41, 5.74) is 5.27. The van der Waals surface area contributed by atoms with E-state index in [1.54, 1.807) is 24.3 Å². The maximum absolute atomic E-state index is 13.3. The summed E-state index contributed by atoms with van der Waals surface area (Å²) in [5.74, 6) is -0.525. The minimum Gasteiger partial charge on any atom is -0.399 e. The van der Waals surface area contributed by atoms with Crippen LogP contribution < -0.4 is 16.0 Å². The van der Waals surface area contributed by atoms with Gasteiger partial charge in [-0.3, -0.25) is 14.5 Å². The second kappa shape index (κ2) is 17.7. The number of hydrogen-bond donors (Lipinski definition) is 2. The van der Waals surface area contributed by atoms with Gasteiger partial charge in [0.05, 0.1) is 22.7 Å². The molecule has 0 spiro atoms. The second-order valence-electron chi connectivity index (χ2n) is 11.3. The number of hydrogen-bond acceptors (Lipinski definition) is 4. The molecule has 54 heavy (non-hydrogen) atoms. The van der Waals surface area contributed by atoms with Gasteiger partial charge in [-0.15, -0.1) is 0 Å². The first-order valence-corrected chi connectivity index (χ1v) is 17.5. The number of alkyl halides is 9. The van der Waals surface area contributed by atoms with Crippen LogP contribution in [0.4, 0.5) is 56.6 Å². The minimum atomic E-state index is -4.52. The molecule has 3 N–H and O–H groups in total. The molecule has 282 valence electrons. The van der Waals surface area contributed by atoms with Crippen LogP contribution in [0.5, 0.6) is 0 Å². The minimum absolute atomic E-state index is 0.100. The number of benzene rings is 5. The van der Waals surface area contributed by atoms with Crippen LogP contribution >= 0.6 is 45.2 Å². The third-order valence-electron chi connectivity index (χ3n) is 7.43. The third-order valence-corrected chi connectivity index (χ3v) is 8.77. The fraction of sp³-hybridized carbons (Fsp3) is 0.105. The Labute approximate surface area is 330 Å². The summed E-state index contributed by atoms with van der Waals surface area (Å²) in [7, 11) is 0. The Morgan fingerprint density at radius 1 is 0.630 bits per heavy atom. The van der Waals surface area contributed by atoms with Gasteiger partial charge >= 0.3 is 18.5 Å². The summed E-state index contributed by atoms with van der Waals surface area (Å²) in [5, 5.41) is 2.84. The Morgan fingerprint density at radius 2 is 1.09 bits per heavy atom. The van der Waals surface area contributed by atoms with Crippen molar-refractivity contribution in [2.45, 2.75) is 24.6 Å². The number of nitrogen functional groups attached to an aromatic ring is 1. The van der Waals surface area contributed by atoms with Crippen molar-refractivity contribution in [3.8, 4) is 0 Å². The van der Waals surface area contributed by atoms with Gasteiger partial charge in [-0.25, -0.2) is 0 Å². The van der Waals surface area contributed by atoms with E-state index in [4.69, 9.17) is 5.73 Å². The first-order chi connectivity index (χ1) is 25.3. The summed E-state index contributed by atoms with van der Waals surface area (Å²) < 4.78 is 115. The zero-order chi connectivity index (χ0) is 39.8. The molecule has 0 fully saturated rings. The Balaban J connectivity index is 0.000000263. The quantitative estimate of drug-likeness (QED) is 0.0796. The van der Waals surface area contributed by atoms with Crippen molar-refractivity contribution in [2.75, 3.05) is 16.0 Å². The SMILES string of the molecule is Nc1ccc(C(F)(F)F)cc1.O=C1C(Nc2ccc(C(F)(F)F)cc2)=CC(c2cccc(I)c2)N1c1ccc(C(F)(F)F)cc1.O=Cc1cccc(I)c1. The van der Waals surface area contributed by atoms with E-state index in [-0.39, 0.29) is 17.1 Å². The summed E-state index contributed by atoms with van der Waals surface area (Å²) >= 11 is 4.28. The second-order valence-corrected chi connectivity index (χ2v) is 13.8. The fourth-order valence-corrected chi connectivity index (χ4v) is 5.96. The molecular weight excluding hydrogens is 955 g/mol. The summed E-state index contributed by atoms with van der Waals surface area (Å²) in [6.45, 7) is 0. The maximum atomic E-state index is 13.3. The van der Waals surface area contributed by atoms with Crippen molar-refractivity contribution in [3.63, 3.8) is 0 Å². The smallest absolute Gasteiger partial charge is 0.399 e. The van der Waals surface area contributed by atoms with Gasteiger partial charge < -0.3 is 11.1 Å². The summed E-state index contributed by atoms with van der Waals surface area (Å²) in [6, 6.07) is 26.9. The van der Waals surface area contributed by atoms with Gasteiger partial charge in [0.25, 0.3) is 5.91 Å². The predicted molar refractivity (Wildman–Crippen MR) is 204 cm³/mol. The topological polar surface area (TPSA) is 75.4 Å². The normalized spacial score (nSPS) is 14.3. The molecule has 1 unspecified atom stereocenters. The molecule has 0 saturated carbocycles.